The second kappa shape index (κ2) is 6.89. The van der Waals surface area contributed by atoms with Crippen molar-refractivity contribution < 1.29 is 19.1 Å². The zero-order valence-corrected chi connectivity index (χ0v) is 17.0. The van der Waals surface area contributed by atoms with Crippen LogP contribution in [0.15, 0.2) is 0 Å². The molecule has 0 aliphatic heterocycles. The van der Waals surface area contributed by atoms with Crippen LogP contribution >= 0.6 is 0 Å². The van der Waals surface area contributed by atoms with Crippen LogP contribution in [0, 0.1) is 0 Å². The molecular weight excluding hydrogens is 298 g/mol. The highest BCUT2D eigenvalue weighted by Crippen LogP contribution is 2.36. The van der Waals surface area contributed by atoms with Crippen LogP contribution in [-0.4, -0.2) is 43.4 Å². The third kappa shape index (κ3) is 7.60. The van der Waals surface area contributed by atoms with Gasteiger partial charge < -0.3 is 19.6 Å². The number of hydrogen-bond donors (Lipinski definition) is 2. The van der Waals surface area contributed by atoms with Gasteiger partial charge in [-0.15, -0.1) is 0 Å². The molecule has 5 nitrogen and oxygen atoms in total. The number of hydrogen-bond acceptors (Lipinski definition) is 4. The van der Waals surface area contributed by atoms with Gasteiger partial charge in [0.05, 0.1) is 18.2 Å². The predicted octanol–water partition coefficient (Wildman–Crippen LogP) is 3.67. The molecule has 0 saturated carbocycles. The summed E-state index contributed by atoms with van der Waals surface area (Å²) in [6.45, 7) is 19.7. The standard InChI is InChI=1S/C16H35NO4Si/c1-14(2,3)21-13(18)17-12(16(7,8)19)11-20-22(9,10)15(4,5)6/h12,19H,11H2,1-10H3,(H,17,18). The van der Waals surface area contributed by atoms with Crippen molar-refractivity contribution in [2.45, 2.75) is 90.8 Å². The van der Waals surface area contributed by atoms with Crippen molar-refractivity contribution in [3.8, 4) is 0 Å². The highest BCUT2D eigenvalue weighted by atomic mass is 28.4. The molecule has 0 bridgehead atoms. The van der Waals surface area contributed by atoms with Crippen molar-refractivity contribution in [1.29, 1.82) is 0 Å². The fraction of sp³-hybridized carbons (Fsp3) is 0.938. The van der Waals surface area contributed by atoms with Gasteiger partial charge in [0.1, 0.15) is 5.60 Å². The fourth-order valence-electron chi connectivity index (χ4n) is 1.38. The van der Waals surface area contributed by atoms with Crippen LogP contribution in [0.25, 0.3) is 0 Å². The highest BCUT2D eigenvalue weighted by Gasteiger charge is 2.39. The van der Waals surface area contributed by atoms with Crippen LogP contribution < -0.4 is 5.32 Å². The van der Waals surface area contributed by atoms with Gasteiger partial charge in [0.15, 0.2) is 8.32 Å². The number of carbonyl (C=O) groups excluding carboxylic acids is 1. The van der Waals surface area contributed by atoms with Crippen LogP contribution in [0.4, 0.5) is 4.79 Å². The number of ether oxygens (including phenoxy) is 1. The van der Waals surface area contributed by atoms with E-state index in [-0.39, 0.29) is 11.6 Å². The molecule has 0 heterocycles. The molecule has 1 unspecified atom stereocenters. The number of carbonyl (C=O) groups is 1. The number of alkyl carbamates (subject to hydrolysis) is 1. The van der Waals surface area contributed by atoms with Gasteiger partial charge in [0, 0.05) is 0 Å². The lowest BCUT2D eigenvalue weighted by molar-refractivity contribution is 0.00292. The molecule has 0 aliphatic carbocycles. The van der Waals surface area contributed by atoms with Gasteiger partial charge >= 0.3 is 6.09 Å². The Labute approximate surface area is 136 Å². The van der Waals surface area contributed by atoms with Crippen LogP contribution in [0.1, 0.15) is 55.4 Å². The lowest BCUT2D eigenvalue weighted by atomic mass is 10.0. The SMILES string of the molecule is CC(C)(C)OC(=O)NC(CO[Si](C)(C)C(C)(C)C)C(C)(C)O. The Morgan fingerprint density at radius 3 is 1.86 bits per heavy atom. The van der Waals surface area contributed by atoms with Gasteiger partial charge in [0.2, 0.25) is 0 Å². The van der Waals surface area contributed by atoms with E-state index in [2.05, 4.69) is 39.2 Å². The van der Waals surface area contributed by atoms with E-state index in [0.717, 1.165) is 0 Å². The smallest absolute Gasteiger partial charge is 0.408 e. The van der Waals surface area contributed by atoms with Gasteiger partial charge in [0.25, 0.3) is 0 Å². The third-order valence-corrected chi connectivity index (χ3v) is 8.46. The Kier molecular flexibility index (Phi) is 6.70. The molecule has 0 spiro atoms. The largest absolute Gasteiger partial charge is 0.444 e. The summed E-state index contributed by atoms with van der Waals surface area (Å²) in [7, 11) is -1.95. The minimum atomic E-state index is -1.95. The number of rotatable bonds is 5. The summed E-state index contributed by atoms with van der Waals surface area (Å²) in [5.41, 5.74) is -1.67. The van der Waals surface area contributed by atoms with E-state index in [1.165, 1.54) is 0 Å². The number of amides is 1. The van der Waals surface area contributed by atoms with E-state index < -0.39 is 31.7 Å². The first-order valence-corrected chi connectivity index (χ1v) is 10.7. The van der Waals surface area contributed by atoms with E-state index in [0.29, 0.717) is 0 Å². The first-order chi connectivity index (χ1) is 9.46. The number of nitrogens with one attached hydrogen (secondary N) is 1. The average molecular weight is 334 g/mol. The molecule has 0 aromatic heterocycles. The van der Waals surface area contributed by atoms with Crippen molar-refractivity contribution in [3.63, 3.8) is 0 Å². The van der Waals surface area contributed by atoms with E-state index in [1.807, 2.05) is 0 Å². The lowest BCUT2D eigenvalue weighted by Gasteiger charge is -2.39. The first-order valence-electron chi connectivity index (χ1n) is 7.81. The van der Waals surface area contributed by atoms with Crippen LogP contribution in [-0.2, 0) is 9.16 Å². The molecule has 0 aromatic rings. The lowest BCUT2D eigenvalue weighted by Crippen LogP contribution is -2.55. The summed E-state index contributed by atoms with van der Waals surface area (Å²) in [6.07, 6.45) is -0.543. The maximum Gasteiger partial charge on any atom is 0.408 e. The summed E-state index contributed by atoms with van der Waals surface area (Å²) < 4.78 is 11.4. The van der Waals surface area contributed by atoms with E-state index in [1.54, 1.807) is 34.6 Å². The van der Waals surface area contributed by atoms with Gasteiger partial charge in [-0.2, -0.15) is 0 Å². The van der Waals surface area contributed by atoms with Crippen molar-refractivity contribution in [1.82, 2.24) is 5.32 Å². The van der Waals surface area contributed by atoms with E-state index in [4.69, 9.17) is 9.16 Å². The summed E-state index contributed by atoms with van der Waals surface area (Å²) in [6, 6.07) is -0.531. The quantitative estimate of drug-likeness (QED) is 0.753. The zero-order chi connectivity index (χ0) is 18.0. The molecule has 0 fully saturated rings. The molecule has 6 heteroatoms. The molecule has 1 amide bonds. The minimum Gasteiger partial charge on any atom is -0.444 e. The fourth-order valence-corrected chi connectivity index (χ4v) is 2.40. The van der Waals surface area contributed by atoms with Crippen LogP contribution in [0.3, 0.4) is 0 Å². The normalized spacial score (nSPS) is 15.4. The summed E-state index contributed by atoms with van der Waals surface area (Å²) in [4.78, 5) is 11.9. The monoisotopic (exact) mass is 333 g/mol. The van der Waals surface area contributed by atoms with Crippen molar-refractivity contribution in [3.05, 3.63) is 0 Å². The van der Waals surface area contributed by atoms with E-state index in [9.17, 15) is 9.90 Å². The molecular formula is C16H35NO4Si. The molecule has 0 radical (unpaired) electrons. The Morgan fingerprint density at radius 1 is 1.09 bits per heavy atom. The topological polar surface area (TPSA) is 67.8 Å². The second-order valence-corrected chi connectivity index (χ2v) is 13.7. The third-order valence-electron chi connectivity index (χ3n) is 3.96. The molecule has 2 N–H and O–H groups in total. The molecule has 1 atom stereocenters. The van der Waals surface area contributed by atoms with Crippen molar-refractivity contribution >= 4 is 14.4 Å². The van der Waals surface area contributed by atoms with Gasteiger partial charge in [-0.3, -0.25) is 0 Å². The van der Waals surface area contributed by atoms with Crippen LogP contribution in [0.5, 0.6) is 0 Å². The molecule has 0 saturated heterocycles. The minimum absolute atomic E-state index is 0.0725. The Hall–Kier alpha value is -0.593. The predicted molar refractivity (Wildman–Crippen MR) is 92.6 cm³/mol. The van der Waals surface area contributed by atoms with E-state index >= 15 is 0 Å². The maximum atomic E-state index is 11.9. The second-order valence-electron chi connectivity index (χ2n) is 8.92. The molecule has 0 rings (SSSR count). The van der Waals surface area contributed by atoms with Gasteiger partial charge in [-0.05, 0) is 52.8 Å². The van der Waals surface area contributed by atoms with Gasteiger partial charge in [-0.25, -0.2) is 4.79 Å². The molecule has 0 aromatic carbocycles. The van der Waals surface area contributed by atoms with Crippen LogP contribution in [0.2, 0.25) is 18.1 Å². The molecule has 132 valence electrons. The summed E-state index contributed by atoms with van der Waals surface area (Å²) in [5, 5.41) is 13.1. The zero-order valence-electron chi connectivity index (χ0n) is 16.0. The summed E-state index contributed by atoms with van der Waals surface area (Å²) >= 11 is 0. The Bertz CT molecular complexity index is 375. The number of aliphatic hydroxyl groups is 1. The Balaban J connectivity index is 4.87. The van der Waals surface area contributed by atoms with Crippen molar-refractivity contribution in [2.24, 2.45) is 0 Å². The average Bonchev–Trinajstić information content (AvgIpc) is 2.17. The summed E-state index contributed by atoms with van der Waals surface area (Å²) in [5.74, 6) is 0. The highest BCUT2D eigenvalue weighted by molar-refractivity contribution is 6.74. The molecule has 0 aliphatic rings. The maximum absolute atomic E-state index is 11.9. The first kappa shape index (κ1) is 21.4. The van der Waals surface area contributed by atoms with Gasteiger partial charge in [-0.1, -0.05) is 20.8 Å². The Morgan fingerprint density at radius 2 is 1.55 bits per heavy atom. The molecule has 22 heavy (non-hydrogen) atoms. The van der Waals surface area contributed by atoms with Crippen molar-refractivity contribution in [2.75, 3.05) is 6.61 Å².